The molecule has 0 unspecified atom stereocenters. The van der Waals surface area contributed by atoms with E-state index >= 15 is 0 Å². The zero-order chi connectivity index (χ0) is 18.7. The van der Waals surface area contributed by atoms with E-state index in [1.54, 1.807) is 39.0 Å². The van der Waals surface area contributed by atoms with Gasteiger partial charge in [0.05, 0.1) is 46.3 Å². The Labute approximate surface area is 155 Å². The SMILES string of the molecule is CCOC(=O)c1c(C)nc(C)c(C(=O)OC)c1-c1cccc(Cl)c1Cl. The third-order valence-electron chi connectivity index (χ3n) is 3.65. The molecule has 0 bridgehead atoms. The summed E-state index contributed by atoms with van der Waals surface area (Å²) < 4.78 is 10.0. The average molecular weight is 382 g/mol. The molecule has 25 heavy (non-hydrogen) atoms. The van der Waals surface area contributed by atoms with Crippen molar-refractivity contribution in [3.8, 4) is 11.1 Å². The Balaban J connectivity index is 2.96. The molecule has 0 spiro atoms. The zero-order valence-corrected chi connectivity index (χ0v) is 15.8. The standard InChI is InChI=1S/C18H17Cl2NO4/c1-5-25-18(23)14-10(3)21-9(2)13(17(22)24-4)15(14)11-7-6-8-12(19)16(11)20/h6-8H,5H2,1-4H3. The molecule has 0 saturated carbocycles. The maximum absolute atomic E-state index is 12.5. The quantitative estimate of drug-likeness (QED) is 0.721. The second-order valence-corrected chi connectivity index (χ2v) is 6.01. The Morgan fingerprint density at radius 3 is 2.24 bits per heavy atom. The summed E-state index contributed by atoms with van der Waals surface area (Å²) in [7, 11) is 1.26. The van der Waals surface area contributed by atoms with Crippen LogP contribution in [-0.4, -0.2) is 30.6 Å². The molecule has 0 aliphatic heterocycles. The van der Waals surface area contributed by atoms with Gasteiger partial charge in [-0.15, -0.1) is 0 Å². The highest BCUT2D eigenvalue weighted by Gasteiger charge is 2.28. The monoisotopic (exact) mass is 381 g/mol. The van der Waals surface area contributed by atoms with E-state index in [9.17, 15) is 9.59 Å². The van der Waals surface area contributed by atoms with Gasteiger partial charge in [-0.2, -0.15) is 0 Å². The minimum Gasteiger partial charge on any atom is -0.465 e. The third-order valence-corrected chi connectivity index (χ3v) is 4.47. The van der Waals surface area contributed by atoms with Crippen molar-refractivity contribution in [2.24, 2.45) is 0 Å². The highest BCUT2D eigenvalue weighted by molar-refractivity contribution is 6.44. The predicted octanol–water partition coefficient (Wildman–Crippen LogP) is 4.64. The molecule has 5 nitrogen and oxygen atoms in total. The van der Waals surface area contributed by atoms with E-state index in [0.29, 0.717) is 27.5 Å². The lowest BCUT2D eigenvalue weighted by Gasteiger charge is -2.18. The zero-order valence-electron chi connectivity index (χ0n) is 14.3. The summed E-state index contributed by atoms with van der Waals surface area (Å²) in [5.41, 5.74) is 1.91. The second-order valence-electron chi connectivity index (χ2n) is 5.22. The molecule has 2 aromatic rings. The smallest absolute Gasteiger partial charge is 0.340 e. The van der Waals surface area contributed by atoms with Crippen LogP contribution in [0.4, 0.5) is 0 Å². The Bertz CT molecular complexity index is 849. The van der Waals surface area contributed by atoms with Gasteiger partial charge in [0, 0.05) is 11.1 Å². The van der Waals surface area contributed by atoms with Crippen molar-refractivity contribution in [1.29, 1.82) is 0 Å². The van der Waals surface area contributed by atoms with Crippen molar-refractivity contribution < 1.29 is 19.1 Å². The summed E-state index contributed by atoms with van der Waals surface area (Å²) in [6.07, 6.45) is 0. The van der Waals surface area contributed by atoms with Gasteiger partial charge in [0.25, 0.3) is 0 Å². The Morgan fingerprint density at radius 1 is 1.08 bits per heavy atom. The van der Waals surface area contributed by atoms with Crippen molar-refractivity contribution >= 4 is 35.1 Å². The predicted molar refractivity (Wildman–Crippen MR) is 96.5 cm³/mol. The summed E-state index contributed by atoms with van der Waals surface area (Å²) in [5, 5.41) is 0.529. The number of esters is 2. The third kappa shape index (κ3) is 3.62. The van der Waals surface area contributed by atoms with Crippen LogP contribution in [0.1, 0.15) is 39.0 Å². The van der Waals surface area contributed by atoms with E-state index < -0.39 is 11.9 Å². The number of nitrogens with zero attached hydrogens (tertiary/aromatic N) is 1. The number of hydrogen-bond acceptors (Lipinski definition) is 5. The molecular formula is C18H17Cl2NO4. The van der Waals surface area contributed by atoms with Crippen LogP contribution in [0.15, 0.2) is 18.2 Å². The molecule has 0 radical (unpaired) electrons. The van der Waals surface area contributed by atoms with Gasteiger partial charge in [-0.05, 0) is 26.8 Å². The lowest BCUT2D eigenvalue weighted by Crippen LogP contribution is -2.17. The topological polar surface area (TPSA) is 65.5 Å². The van der Waals surface area contributed by atoms with E-state index in [1.807, 2.05) is 0 Å². The largest absolute Gasteiger partial charge is 0.465 e. The number of carbonyl (C=O) groups is 2. The normalized spacial score (nSPS) is 10.5. The van der Waals surface area contributed by atoms with Crippen LogP contribution < -0.4 is 0 Å². The van der Waals surface area contributed by atoms with Crippen molar-refractivity contribution in [2.75, 3.05) is 13.7 Å². The van der Waals surface area contributed by atoms with Crippen LogP contribution in [-0.2, 0) is 9.47 Å². The van der Waals surface area contributed by atoms with Crippen LogP contribution >= 0.6 is 23.2 Å². The molecule has 0 saturated heterocycles. The maximum Gasteiger partial charge on any atom is 0.340 e. The first-order valence-corrected chi connectivity index (χ1v) is 8.30. The second kappa shape index (κ2) is 7.85. The lowest BCUT2D eigenvalue weighted by atomic mass is 9.92. The number of pyridine rings is 1. The Kier molecular flexibility index (Phi) is 6.03. The summed E-state index contributed by atoms with van der Waals surface area (Å²) in [5.74, 6) is -1.22. The van der Waals surface area contributed by atoms with Gasteiger partial charge in [0.2, 0.25) is 0 Å². The summed E-state index contributed by atoms with van der Waals surface area (Å²) in [4.78, 5) is 29.2. The first-order valence-electron chi connectivity index (χ1n) is 7.54. The maximum atomic E-state index is 12.5. The number of carbonyl (C=O) groups excluding carboxylic acids is 2. The summed E-state index contributed by atoms with van der Waals surface area (Å²) in [6.45, 7) is 5.21. The summed E-state index contributed by atoms with van der Waals surface area (Å²) in [6, 6.07) is 4.98. The molecule has 0 amide bonds. The van der Waals surface area contributed by atoms with Gasteiger partial charge in [-0.3, -0.25) is 4.98 Å². The number of benzene rings is 1. The highest BCUT2D eigenvalue weighted by atomic mass is 35.5. The van der Waals surface area contributed by atoms with Crippen molar-refractivity contribution in [1.82, 2.24) is 4.98 Å². The molecule has 132 valence electrons. The lowest BCUT2D eigenvalue weighted by molar-refractivity contribution is 0.0526. The van der Waals surface area contributed by atoms with Crippen LogP contribution in [0, 0.1) is 13.8 Å². The fraction of sp³-hybridized carbons (Fsp3) is 0.278. The molecule has 1 aromatic heterocycles. The van der Waals surface area contributed by atoms with Crippen molar-refractivity contribution in [3.05, 3.63) is 50.8 Å². The highest BCUT2D eigenvalue weighted by Crippen LogP contribution is 2.39. The van der Waals surface area contributed by atoms with Gasteiger partial charge >= 0.3 is 11.9 Å². The minimum absolute atomic E-state index is 0.153. The molecule has 0 fully saturated rings. The molecular weight excluding hydrogens is 365 g/mol. The molecule has 0 N–H and O–H groups in total. The van der Waals surface area contributed by atoms with E-state index in [1.165, 1.54) is 7.11 Å². The van der Waals surface area contributed by atoms with Crippen LogP contribution in [0.2, 0.25) is 10.0 Å². The number of aryl methyl sites for hydroxylation is 2. The molecule has 0 aliphatic carbocycles. The van der Waals surface area contributed by atoms with E-state index in [2.05, 4.69) is 4.98 Å². The van der Waals surface area contributed by atoms with Crippen LogP contribution in [0.5, 0.6) is 0 Å². The van der Waals surface area contributed by atoms with E-state index in [0.717, 1.165) is 0 Å². The number of hydrogen-bond donors (Lipinski definition) is 0. The van der Waals surface area contributed by atoms with Gasteiger partial charge in [0.1, 0.15) is 0 Å². The Morgan fingerprint density at radius 2 is 1.68 bits per heavy atom. The molecule has 0 atom stereocenters. The van der Waals surface area contributed by atoms with Crippen molar-refractivity contribution in [3.63, 3.8) is 0 Å². The molecule has 2 rings (SSSR count). The van der Waals surface area contributed by atoms with E-state index in [-0.39, 0.29) is 22.8 Å². The van der Waals surface area contributed by atoms with Crippen LogP contribution in [0.25, 0.3) is 11.1 Å². The number of rotatable bonds is 4. The molecule has 1 heterocycles. The average Bonchev–Trinajstić information content (AvgIpc) is 2.56. The van der Waals surface area contributed by atoms with Gasteiger partial charge in [0.15, 0.2) is 0 Å². The first kappa shape index (κ1) is 19.2. The Hall–Kier alpha value is -2.11. The fourth-order valence-corrected chi connectivity index (χ4v) is 3.02. The fourth-order valence-electron chi connectivity index (χ4n) is 2.62. The van der Waals surface area contributed by atoms with Gasteiger partial charge in [-0.1, -0.05) is 35.3 Å². The number of halogens is 2. The van der Waals surface area contributed by atoms with Gasteiger partial charge < -0.3 is 9.47 Å². The molecule has 1 aromatic carbocycles. The molecule has 0 aliphatic rings. The number of aromatic nitrogens is 1. The first-order chi connectivity index (χ1) is 11.8. The van der Waals surface area contributed by atoms with Crippen LogP contribution in [0.3, 0.4) is 0 Å². The minimum atomic E-state index is -0.624. The van der Waals surface area contributed by atoms with Crippen molar-refractivity contribution in [2.45, 2.75) is 20.8 Å². The van der Waals surface area contributed by atoms with E-state index in [4.69, 9.17) is 32.7 Å². The molecule has 7 heteroatoms. The summed E-state index contributed by atoms with van der Waals surface area (Å²) >= 11 is 12.5. The number of ether oxygens (including phenoxy) is 2. The number of methoxy groups -OCH3 is 1. The van der Waals surface area contributed by atoms with Gasteiger partial charge in [-0.25, -0.2) is 9.59 Å².